The molecule has 2 rings (SSSR count). The van der Waals surface area contributed by atoms with Gasteiger partial charge < -0.3 is 4.74 Å². The monoisotopic (exact) mass is 426 g/mol. The molecule has 1 aromatic carbocycles. The Kier molecular flexibility index (Phi) is 6.18. The quantitative estimate of drug-likeness (QED) is 0.308. The average Bonchev–Trinajstić information content (AvgIpc) is 2.67. The van der Waals surface area contributed by atoms with Crippen molar-refractivity contribution in [2.45, 2.75) is 38.5 Å². The highest BCUT2D eigenvalue weighted by atomic mass is 79.9. The van der Waals surface area contributed by atoms with Gasteiger partial charge in [-0.15, -0.1) is 0 Å². The van der Waals surface area contributed by atoms with Crippen LogP contribution in [0.4, 0.5) is 4.39 Å². The molecule has 0 spiro atoms. The highest BCUT2D eigenvalue weighted by Crippen LogP contribution is 2.38. The van der Waals surface area contributed by atoms with Gasteiger partial charge >= 0.3 is 0 Å². The van der Waals surface area contributed by atoms with Gasteiger partial charge in [0.05, 0.1) is 16.1 Å². The minimum absolute atomic E-state index is 0.105. The second kappa shape index (κ2) is 7.46. The van der Waals surface area contributed by atoms with Crippen molar-refractivity contribution < 1.29 is 9.13 Å². The van der Waals surface area contributed by atoms with Crippen molar-refractivity contribution in [3.05, 3.63) is 27.4 Å². The molecule has 5 heteroatoms. The Morgan fingerprint density at radius 3 is 2.45 bits per heavy atom. The van der Waals surface area contributed by atoms with E-state index in [4.69, 9.17) is 16.3 Å². The Bertz CT molecular complexity index is 459. The SMILES string of the molecule is Fc1cc(OCC2(CBr)CCCCCC2)c(Br)cc1Cl. The molecular formula is C15H18Br2ClFO. The van der Waals surface area contributed by atoms with Crippen LogP contribution in [0, 0.1) is 11.2 Å². The normalized spacial score (nSPS) is 18.6. The van der Waals surface area contributed by atoms with Crippen molar-refractivity contribution in [3.63, 3.8) is 0 Å². The van der Waals surface area contributed by atoms with E-state index in [2.05, 4.69) is 31.9 Å². The number of halogens is 4. The zero-order chi connectivity index (χ0) is 14.6. The van der Waals surface area contributed by atoms with Crippen LogP contribution in [0.1, 0.15) is 38.5 Å². The van der Waals surface area contributed by atoms with Gasteiger partial charge in [-0.25, -0.2) is 4.39 Å². The summed E-state index contributed by atoms with van der Waals surface area (Å²) in [5.74, 6) is 0.0788. The molecule has 1 nitrogen and oxygen atoms in total. The largest absolute Gasteiger partial charge is 0.492 e. The second-order valence-electron chi connectivity index (χ2n) is 5.53. The third-order valence-electron chi connectivity index (χ3n) is 3.96. The van der Waals surface area contributed by atoms with Crippen molar-refractivity contribution in [2.75, 3.05) is 11.9 Å². The number of hydrogen-bond acceptors (Lipinski definition) is 1. The number of ether oxygens (including phenoxy) is 1. The molecule has 1 aliphatic carbocycles. The molecule has 1 saturated carbocycles. The van der Waals surface area contributed by atoms with Crippen LogP contribution in [0.5, 0.6) is 5.75 Å². The van der Waals surface area contributed by atoms with Crippen LogP contribution in [-0.4, -0.2) is 11.9 Å². The fourth-order valence-electron chi connectivity index (χ4n) is 2.64. The maximum absolute atomic E-state index is 13.5. The maximum atomic E-state index is 13.5. The third kappa shape index (κ3) is 4.11. The van der Waals surface area contributed by atoms with Crippen molar-refractivity contribution in [3.8, 4) is 5.75 Å². The molecule has 112 valence electrons. The van der Waals surface area contributed by atoms with E-state index in [0.29, 0.717) is 16.8 Å². The lowest BCUT2D eigenvalue weighted by Crippen LogP contribution is -2.30. The second-order valence-corrected chi connectivity index (χ2v) is 7.36. The van der Waals surface area contributed by atoms with Gasteiger partial charge in [0, 0.05) is 16.8 Å². The first-order chi connectivity index (χ1) is 9.56. The van der Waals surface area contributed by atoms with E-state index in [1.54, 1.807) is 6.07 Å². The molecule has 1 aliphatic rings. The van der Waals surface area contributed by atoms with Crippen LogP contribution < -0.4 is 4.74 Å². The molecule has 0 unspecified atom stereocenters. The number of benzene rings is 1. The predicted molar refractivity (Wildman–Crippen MR) is 88.5 cm³/mol. The van der Waals surface area contributed by atoms with Crippen LogP contribution in [0.3, 0.4) is 0 Å². The average molecular weight is 429 g/mol. The summed E-state index contributed by atoms with van der Waals surface area (Å²) in [7, 11) is 0. The molecule has 0 aromatic heterocycles. The molecular weight excluding hydrogens is 410 g/mol. The van der Waals surface area contributed by atoms with Crippen molar-refractivity contribution in [1.29, 1.82) is 0 Å². The first-order valence-corrected chi connectivity index (χ1v) is 9.19. The van der Waals surface area contributed by atoms with Gasteiger partial charge in [0.1, 0.15) is 11.6 Å². The van der Waals surface area contributed by atoms with Gasteiger partial charge in [-0.2, -0.15) is 0 Å². The highest BCUT2D eigenvalue weighted by Gasteiger charge is 2.31. The molecule has 0 radical (unpaired) electrons. The standard InChI is InChI=1S/C15H18Br2ClFO/c16-9-15(5-3-1-2-4-6-15)10-20-14-8-13(19)12(18)7-11(14)17/h7-8H,1-6,9-10H2. The van der Waals surface area contributed by atoms with Gasteiger partial charge in [-0.05, 0) is 34.8 Å². The fourth-order valence-corrected chi connectivity index (χ4v) is 4.12. The summed E-state index contributed by atoms with van der Waals surface area (Å²) in [6.45, 7) is 0.609. The Morgan fingerprint density at radius 1 is 1.20 bits per heavy atom. The molecule has 0 aliphatic heterocycles. The summed E-state index contributed by atoms with van der Waals surface area (Å²) in [5, 5.41) is 1.03. The Morgan fingerprint density at radius 2 is 1.85 bits per heavy atom. The zero-order valence-electron chi connectivity index (χ0n) is 11.2. The molecule has 0 heterocycles. The van der Waals surface area contributed by atoms with Crippen LogP contribution in [0.15, 0.2) is 16.6 Å². The van der Waals surface area contributed by atoms with Crippen molar-refractivity contribution in [1.82, 2.24) is 0 Å². The predicted octanol–water partition coefficient (Wildman–Crippen LogP) is 6.36. The summed E-state index contributed by atoms with van der Waals surface area (Å²) in [4.78, 5) is 0. The van der Waals surface area contributed by atoms with E-state index < -0.39 is 5.82 Å². The van der Waals surface area contributed by atoms with E-state index in [1.165, 1.54) is 31.7 Å². The zero-order valence-corrected chi connectivity index (χ0v) is 15.2. The van der Waals surface area contributed by atoms with Gasteiger partial charge in [0.15, 0.2) is 0 Å². The minimum Gasteiger partial charge on any atom is -0.492 e. The first-order valence-electron chi connectivity index (χ1n) is 6.90. The third-order valence-corrected chi connectivity index (χ3v) is 6.06. The van der Waals surface area contributed by atoms with Gasteiger partial charge in [0.2, 0.25) is 0 Å². The first kappa shape index (κ1) is 16.6. The molecule has 0 amide bonds. The summed E-state index contributed by atoms with van der Waals surface area (Å²) < 4.78 is 20.1. The summed E-state index contributed by atoms with van der Waals surface area (Å²) in [6.07, 6.45) is 7.40. The summed E-state index contributed by atoms with van der Waals surface area (Å²) in [6, 6.07) is 2.89. The number of hydrogen-bond donors (Lipinski definition) is 0. The van der Waals surface area contributed by atoms with Crippen LogP contribution in [0.2, 0.25) is 5.02 Å². The molecule has 0 bridgehead atoms. The Labute approximate surface area is 141 Å². The van der Waals surface area contributed by atoms with E-state index in [0.717, 1.165) is 18.2 Å². The van der Waals surface area contributed by atoms with Crippen LogP contribution >= 0.6 is 43.5 Å². The van der Waals surface area contributed by atoms with E-state index >= 15 is 0 Å². The van der Waals surface area contributed by atoms with Crippen molar-refractivity contribution in [2.24, 2.45) is 5.41 Å². The maximum Gasteiger partial charge on any atom is 0.145 e. The fraction of sp³-hybridized carbons (Fsp3) is 0.600. The van der Waals surface area contributed by atoms with Gasteiger partial charge in [-0.1, -0.05) is 53.2 Å². The molecule has 20 heavy (non-hydrogen) atoms. The van der Waals surface area contributed by atoms with Gasteiger partial charge in [-0.3, -0.25) is 0 Å². The molecule has 0 N–H and O–H groups in total. The highest BCUT2D eigenvalue weighted by molar-refractivity contribution is 9.10. The topological polar surface area (TPSA) is 9.23 Å². The summed E-state index contributed by atoms with van der Waals surface area (Å²) >= 11 is 12.8. The van der Waals surface area contributed by atoms with Gasteiger partial charge in [0.25, 0.3) is 0 Å². The Hall–Kier alpha value is 0.200. The lowest BCUT2D eigenvalue weighted by Gasteiger charge is -2.30. The van der Waals surface area contributed by atoms with Crippen molar-refractivity contribution >= 4 is 43.5 Å². The lowest BCUT2D eigenvalue weighted by molar-refractivity contribution is 0.148. The lowest BCUT2D eigenvalue weighted by atomic mass is 9.83. The number of alkyl halides is 1. The van der Waals surface area contributed by atoms with E-state index in [-0.39, 0.29) is 10.4 Å². The molecule has 0 saturated heterocycles. The minimum atomic E-state index is -0.446. The van der Waals surface area contributed by atoms with E-state index in [9.17, 15) is 4.39 Å². The number of rotatable bonds is 4. The Balaban J connectivity index is 2.08. The summed E-state index contributed by atoms with van der Waals surface area (Å²) in [5.41, 5.74) is 0.159. The van der Waals surface area contributed by atoms with Crippen LogP contribution in [0.25, 0.3) is 0 Å². The van der Waals surface area contributed by atoms with Crippen LogP contribution in [-0.2, 0) is 0 Å². The molecule has 1 aromatic rings. The molecule has 0 atom stereocenters. The smallest absolute Gasteiger partial charge is 0.145 e. The van der Waals surface area contributed by atoms with E-state index in [1.807, 2.05) is 0 Å². The molecule has 1 fully saturated rings.